The minimum absolute atomic E-state index is 0.0417. The highest BCUT2D eigenvalue weighted by atomic mass is 16.5. The first-order chi connectivity index (χ1) is 15.2. The summed E-state index contributed by atoms with van der Waals surface area (Å²) in [5, 5.41) is 3.98. The van der Waals surface area contributed by atoms with Gasteiger partial charge < -0.3 is 13.8 Å². The van der Waals surface area contributed by atoms with E-state index in [0.29, 0.717) is 48.0 Å². The predicted molar refractivity (Wildman–Crippen MR) is 109 cm³/mol. The normalized spacial score (nSPS) is 16.6. The third kappa shape index (κ3) is 3.96. The van der Waals surface area contributed by atoms with Crippen LogP contribution < -0.4 is 5.76 Å². The fourth-order valence-corrected chi connectivity index (χ4v) is 3.96. The standard InChI is InChI=1S/C21H20N6O4/c28-19(13-27-16-5-1-2-6-17(16)30-21(27)29)26-9-3-4-14(12-26)10-18-24-20(25-31-18)15-11-22-7-8-23-15/h1-2,5-8,11,14H,3-4,9-10,12-13H2/t14-/m0/s1. The Morgan fingerprint density at radius 3 is 3.00 bits per heavy atom. The monoisotopic (exact) mass is 420 g/mol. The molecular weight excluding hydrogens is 400 g/mol. The number of carbonyl (C=O) groups is 1. The van der Waals surface area contributed by atoms with Crippen LogP contribution in [0.25, 0.3) is 22.6 Å². The summed E-state index contributed by atoms with van der Waals surface area (Å²) < 4.78 is 12.0. The van der Waals surface area contributed by atoms with Crippen molar-refractivity contribution >= 4 is 17.0 Å². The smallest absolute Gasteiger partial charge is 0.408 e. The van der Waals surface area contributed by atoms with Crippen LogP contribution in [-0.2, 0) is 17.8 Å². The summed E-state index contributed by atoms with van der Waals surface area (Å²) >= 11 is 0. The van der Waals surface area contributed by atoms with Crippen LogP contribution in [0.3, 0.4) is 0 Å². The number of rotatable bonds is 5. The first-order valence-corrected chi connectivity index (χ1v) is 10.1. The molecule has 0 radical (unpaired) electrons. The molecule has 1 amide bonds. The lowest BCUT2D eigenvalue weighted by atomic mass is 9.94. The first kappa shape index (κ1) is 19.2. The van der Waals surface area contributed by atoms with Gasteiger partial charge in [-0.2, -0.15) is 4.98 Å². The topological polar surface area (TPSA) is 120 Å². The number of para-hydroxylation sites is 2. The largest absolute Gasteiger partial charge is 0.420 e. The van der Waals surface area contributed by atoms with E-state index in [1.165, 1.54) is 4.57 Å². The SMILES string of the molecule is O=C(Cn1c(=O)oc2ccccc21)N1CCC[C@@H](Cc2nc(-c3cnccn3)no2)C1. The van der Waals surface area contributed by atoms with Crippen LogP contribution in [0.15, 0.2) is 56.6 Å². The van der Waals surface area contributed by atoms with E-state index in [0.717, 1.165) is 12.8 Å². The fraction of sp³-hybridized carbons (Fsp3) is 0.333. The number of fused-ring (bicyclic) bond motifs is 1. The average molecular weight is 420 g/mol. The van der Waals surface area contributed by atoms with Crippen molar-refractivity contribution in [1.82, 2.24) is 29.6 Å². The van der Waals surface area contributed by atoms with Gasteiger partial charge in [0.15, 0.2) is 5.58 Å². The maximum Gasteiger partial charge on any atom is 0.420 e. The molecule has 1 atom stereocenters. The molecule has 10 heteroatoms. The highest BCUT2D eigenvalue weighted by Gasteiger charge is 2.26. The van der Waals surface area contributed by atoms with Gasteiger partial charge in [-0.3, -0.25) is 14.3 Å². The Morgan fingerprint density at radius 2 is 2.13 bits per heavy atom. The summed E-state index contributed by atoms with van der Waals surface area (Å²) in [5.41, 5.74) is 1.65. The molecule has 10 nitrogen and oxygen atoms in total. The quantitative estimate of drug-likeness (QED) is 0.480. The maximum absolute atomic E-state index is 12.9. The van der Waals surface area contributed by atoms with Crippen molar-refractivity contribution in [3.05, 3.63) is 59.3 Å². The van der Waals surface area contributed by atoms with Gasteiger partial charge in [0.2, 0.25) is 17.6 Å². The minimum atomic E-state index is -0.523. The molecular formula is C21H20N6O4. The molecule has 0 aliphatic carbocycles. The number of hydrogen-bond donors (Lipinski definition) is 0. The van der Waals surface area contributed by atoms with Crippen LogP contribution in [0.4, 0.5) is 0 Å². The summed E-state index contributed by atoms with van der Waals surface area (Å²) in [7, 11) is 0. The van der Waals surface area contributed by atoms with E-state index < -0.39 is 5.76 Å². The van der Waals surface area contributed by atoms with E-state index in [1.54, 1.807) is 41.7 Å². The van der Waals surface area contributed by atoms with Crippen LogP contribution >= 0.6 is 0 Å². The van der Waals surface area contributed by atoms with E-state index in [1.807, 2.05) is 6.07 Å². The Bertz CT molecular complexity index is 1260. The Labute approximate surface area is 176 Å². The lowest BCUT2D eigenvalue weighted by molar-refractivity contribution is -0.133. The van der Waals surface area contributed by atoms with Gasteiger partial charge in [-0.05, 0) is 30.9 Å². The van der Waals surface area contributed by atoms with E-state index in [-0.39, 0.29) is 18.4 Å². The van der Waals surface area contributed by atoms with Crippen molar-refractivity contribution in [3.63, 3.8) is 0 Å². The average Bonchev–Trinajstić information content (AvgIpc) is 3.39. The Balaban J connectivity index is 1.25. The van der Waals surface area contributed by atoms with Crippen LogP contribution in [0.1, 0.15) is 18.7 Å². The summed E-state index contributed by atoms with van der Waals surface area (Å²) in [6.45, 7) is 1.20. The first-order valence-electron chi connectivity index (χ1n) is 10.1. The number of piperidine rings is 1. The Hall–Kier alpha value is -3.82. The van der Waals surface area contributed by atoms with Crippen molar-refractivity contribution in [1.29, 1.82) is 0 Å². The molecule has 1 fully saturated rings. The molecule has 0 N–H and O–H groups in total. The summed E-state index contributed by atoms with van der Waals surface area (Å²) in [6, 6.07) is 7.10. The van der Waals surface area contributed by atoms with E-state index in [4.69, 9.17) is 8.94 Å². The van der Waals surface area contributed by atoms with Crippen LogP contribution in [0, 0.1) is 5.92 Å². The number of likely N-dealkylation sites (tertiary alicyclic amines) is 1. The van der Waals surface area contributed by atoms with Crippen LogP contribution in [-0.4, -0.2) is 48.6 Å². The minimum Gasteiger partial charge on any atom is -0.408 e. The lowest BCUT2D eigenvalue weighted by Crippen LogP contribution is -2.42. The lowest BCUT2D eigenvalue weighted by Gasteiger charge is -2.32. The highest BCUT2D eigenvalue weighted by Crippen LogP contribution is 2.22. The zero-order valence-electron chi connectivity index (χ0n) is 16.7. The van der Waals surface area contributed by atoms with Gasteiger partial charge in [-0.1, -0.05) is 17.3 Å². The molecule has 3 aromatic heterocycles. The van der Waals surface area contributed by atoms with Gasteiger partial charge >= 0.3 is 5.76 Å². The molecule has 0 unspecified atom stereocenters. The third-order valence-electron chi connectivity index (χ3n) is 5.46. The highest BCUT2D eigenvalue weighted by molar-refractivity contribution is 5.79. The second-order valence-corrected chi connectivity index (χ2v) is 7.58. The molecule has 158 valence electrons. The number of aromatic nitrogens is 5. The van der Waals surface area contributed by atoms with Crippen molar-refractivity contribution in [3.8, 4) is 11.5 Å². The second-order valence-electron chi connectivity index (χ2n) is 7.58. The van der Waals surface area contributed by atoms with Gasteiger partial charge in [-0.25, -0.2) is 9.78 Å². The van der Waals surface area contributed by atoms with E-state index >= 15 is 0 Å². The van der Waals surface area contributed by atoms with Gasteiger partial charge in [0.25, 0.3) is 0 Å². The molecule has 31 heavy (non-hydrogen) atoms. The van der Waals surface area contributed by atoms with E-state index in [9.17, 15) is 9.59 Å². The molecule has 4 heterocycles. The molecule has 0 spiro atoms. The number of oxazole rings is 1. The molecule has 1 aliphatic rings. The molecule has 1 aromatic carbocycles. The molecule has 1 aliphatic heterocycles. The van der Waals surface area contributed by atoms with Crippen molar-refractivity contribution < 1.29 is 13.7 Å². The van der Waals surface area contributed by atoms with Crippen molar-refractivity contribution in [2.45, 2.75) is 25.8 Å². The number of carbonyl (C=O) groups excluding carboxylic acids is 1. The van der Waals surface area contributed by atoms with E-state index in [2.05, 4.69) is 20.1 Å². The zero-order chi connectivity index (χ0) is 21.2. The maximum atomic E-state index is 12.9. The fourth-order valence-electron chi connectivity index (χ4n) is 3.96. The molecule has 4 aromatic rings. The number of hydrogen-bond acceptors (Lipinski definition) is 8. The van der Waals surface area contributed by atoms with Gasteiger partial charge in [-0.15, -0.1) is 0 Å². The zero-order valence-corrected chi connectivity index (χ0v) is 16.7. The van der Waals surface area contributed by atoms with Gasteiger partial charge in [0.1, 0.15) is 12.2 Å². The molecule has 0 saturated carbocycles. The molecule has 0 bridgehead atoms. The number of amides is 1. The number of nitrogens with zero attached hydrogens (tertiary/aromatic N) is 6. The molecule has 1 saturated heterocycles. The Kier molecular flexibility index (Phi) is 5.03. The third-order valence-corrected chi connectivity index (χ3v) is 5.46. The Morgan fingerprint density at radius 1 is 1.23 bits per heavy atom. The van der Waals surface area contributed by atoms with Crippen molar-refractivity contribution in [2.24, 2.45) is 5.92 Å². The summed E-state index contributed by atoms with van der Waals surface area (Å²) in [5.74, 6) is 0.482. The van der Waals surface area contributed by atoms with Crippen LogP contribution in [0.5, 0.6) is 0 Å². The summed E-state index contributed by atoms with van der Waals surface area (Å²) in [4.78, 5) is 39.5. The second kappa shape index (κ2) is 8.13. The van der Waals surface area contributed by atoms with Crippen LogP contribution in [0.2, 0.25) is 0 Å². The number of benzene rings is 1. The van der Waals surface area contributed by atoms with Gasteiger partial charge in [0, 0.05) is 31.9 Å². The molecule has 5 rings (SSSR count). The predicted octanol–water partition coefficient (Wildman–Crippen LogP) is 1.92. The summed E-state index contributed by atoms with van der Waals surface area (Å²) in [6.07, 6.45) is 7.15. The van der Waals surface area contributed by atoms with Gasteiger partial charge in [0.05, 0.1) is 11.7 Å². The van der Waals surface area contributed by atoms with Crippen molar-refractivity contribution in [2.75, 3.05) is 13.1 Å².